The van der Waals surface area contributed by atoms with Gasteiger partial charge in [-0.3, -0.25) is 0 Å². The zero-order chi connectivity index (χ0) is 25.0. The summed E-state index contributed by atoms with van der Waals surface area (Å²) in [6.07, 6.45) is 0. The third-order valence-electron chi connectivity index (χ3n) is 6.05. The molecule has 0 aliphatic rings. The van der Waals surface area contributed by atoms with Gasteiger partial charge in [0, 0.05) is 22.3 Å². The highest BCUT2D eigenvalue weighted by Gasteiger charge is 2.37. The Kier molecular flexibility index (Phi) is 6.85. The summed E-state index contributed by atoms with van der Waals surface area (Å²) in [5.74, 6) is 0.189. The van der Waals surface area contributed by atoms with Crippen molar-refractivity contribution in [3.63, 3.8) is 0 Å². The standard InChI is InChI=1S/C28H41O3P/c1-25(2,3)17-13-19(23(29)21(15-17)27(7,8)9)20-14-18(26(4,5)6)16-22(28(10,11)12)24(20)32(30)31/h13-16H,1-12H3,(H-,29,30,31)/p+1. The van der Waals surface area contributed by atoms with Gasteiger partial charge in [-0.15, -0.1) is 0 Å². The minimum absolute atomic E-state index is 0.140. The average Bonchev–Trinajstić information content (AvgIpc) is 2.57. The number of benzene rings is 2. The van der Waals surface area contributed by atoms with E-state index >= 15 is 0 Å². The van der Waals surface area contributed by atoms with E-state index < -0.39 is 8.03 Å². The molecule has 0 aliphatic carbocycles. The smallest absolute Gasteiger partial charge is 0.507 e. The van der Waals surface area contributed by atoms with Crippen molar-refractivity contribution in [3.8, 4) is 16.9 Å². The maximum Gasteiger partial charge on any atom is 0.547 e. The predicted molar refractivity (Wildman–Crippen MR) is 138 cm³/mol. The van der Waals surface area contributed by atoms with Gasteiger partial charge in [-0.1, -0.05) is 95.2 Å². The van der Waals surface area contributed by atoms with Crippen LogP contribution in [0.3, 0.4) is 0 Å². The molecule has 0 aromatic heterocycles. The quantitative estimate of drug-likeness (QED) is 0.456. The topological polar surface area (TPSA) is 57.5 Å². The SMILES string of the molecule is CC(C)(C)c1cc(-c2cc(C(C)(C)C)cc(C(C)(C)C)c2[P+](=O)O)c(O)c(C(C)(C)C)c1. The Morgan fingerprint density at radius 3 is 1.31 bits per heavy atom. The first-order valence-electron chi connectivity index (χ1n) is 11.4. The van der Waals surface area contributed by atoms with Gasteiger partial charge in [0.1, 0.15) is 5.75 Å². The Bertz CT molecular complexity index is 1040. The number of rotatable bonds is 2. The van der Waals surface area contributed by atoms with Gasteiger partial charge in [-0.25, -0.2) is 0 Å². The molecule has 0 fully saturated rings. The molecule has 1 unspecified atom stereocenters. The second kappa shape index (κ2) is 8.26. The van der Waals surface area contributed by atoms with Crippen molar-refractivity contribution in [3.05, 3.63) is 46.5 Å². The highest BCUT2D eigenvalue weighted by atomic mass is 31.1. The van der Waals surface area contributed by atoms with E-state index in [0.29, 0.717) is 16.4 Å². The van der Waals surface area contributed by atoms with E-state index in [1.165, 1.54) is 0 Å². The van der Waals surface area contributed by atoms with Crippen molar-refractivity contribution < 1.29 is 14.6 Å². The highest BCUT2D eigenvalue weighted by molar-refractivity contribution is 7.48. The molecule has 3 nitrogen and oxygen atoms in total. The van der Waals surface area contributed by atoms with E-state index in [0.717, 1.165) is 22.3 Å². The van der Waals surface area contributed by atoms with Crippen LogP contribution in [0, 0.1) is 0 Å². The van der Waals surface area contributed by atoms with Crippen molar-refractivity contribution in [2.75, 3.05) is 0 Å². The molecule has 1 atom stereocenters. The van der Waals surface area contributed by atoms with E-state index in [9.17, 15) is 14.6 Å². The predicted octanol–water partition coefficient (Wildman–Crippen LogP) is 7.61. The normalized spacial score (nSPS) is 14.0. The molecule has 0 radical (unpaired) electrons. The monoisotopic (exact) mass is 457 g/mol. The van der Waals surface area contributed by atoms with E-state index in [-0.39, 0.29) is 27.4 Å². The number of phenolic OH excluding ortho intramolecular Hbond substituents is 1. The van der Waals surface area contributed by atoms with Gasteiger partial charge < -0.3 is 5.11 Å². The van der Waals surface area contributed by atoms with Crippen molar-refractivity contribution in [1.82, 2.24) is 0 Å². The van der Waals surface area contributed by atoms with Crippen molar-refractivity contribution in [2.24, 2.45) is 0 Å². The molecule has 0 saturated heterocycles. The molecule has 2 N–H and O–H groups in total. The van der Waals surface area contributed by atoms with Crippen LogP contribution in [-0.2, 0) is 26.2 Å². The average molecular weight is 458 g/mol. The fourth-order valence-electron chi connectivity index (χ4n) is 3.90. The van der Waals surface area contributed by atoms with Crippen LogP contribution in [0.1, 0.15) is 105 Å². The number of hydrogen-bond acceptors (Lipinski definition) is 2. The summed E-state index contributed by atoms with van der Waals surface area (Å²) >= 11 is 0. The van der Waals surface area contributed by atoms with Gasteiger partial charge in [-0.05, 0) is 49.5 Å². The molecule has 0 spiro atoms. The van der Waals surface area contributed by atoms with Gasteiger partial charge in [0.25, 0.3) is 0 Å². The Morgan fingerprint density at radius 1 is 0.594 bits per heavy atom. The van der Waals surface area contributed by atoms with Crippen LogP contribution in [0.5, 0.6) is 5.75 Å². The molecule has 4 heteroatoms. The molecule has 176 valence electrons. The van der Waals surface area contributed by atoms with Gasteiger partial charge in [-0.2, -0.15) is 4.89 Å². The fourth-order valence-corrected chi connectivity index (χ4v) is 4.89. The molecule has 2 rings (SSSR count). The molecule has 0 aliphatic heterocycles. The van der Waals surface area contributed by atoms with Crippen LogP contribution in [0.2, 0.25) is 0 Å². The molecule has 0 heterocycles. The first kappa shape index (κ1) is 26.6. The second-order valence-corrected chi connectivity index (χ2v) is 14.1. The molecule has 0 amide bonds. The summed E-state index contributed by atoms with van der Waals surface area (Å²) in [6, 6.07) is 8.15. The molecular formula is C28H42O3P+. The Balaban J connectivity index is 3.16. The summed E-state index contributed by atoms with van der Waals surface area (Å²) < 4.78 is 12.8. The maximum atomic E-state index is 12.8. The largest absolute Gasteiger partial charge is 0.547 e. The van der Waals surface area contributed by atoms with Crippen molar-refractivity contribution in [2.45, 2.75) is 105 Å². The lowest BCUT2D eigenvalue weighted by molar-refractivity contribution is 0.446. The molecule has 2 aromatic rings. The lowest BCUT2D eigenvalue weighted by Crippen LogP contribution is -2.25. The summed E-state index contributed by atoms with van der Waals surface area (Å²) in [5, 5.41) is 11.9. The minimum atomic E-state index is -2.62. The summed E-state index contributed by atoms with van der Waals surface area (Å²) in [7, 11) is -2.62. The lowest BCUT2D eigenvalue weighted by atomic mass is 9.76. The third-order valence-corrected chi connectivity index (χ3v) is 6.91. The second-order valence-electron chi connectivity index (χ2n) is 13.1. The van der Waals surface area contributed by atoms with E-state index in [1.807, 2.05) is 12.1 Å². The first-order chi connectivity index (χ1) is 14.2. The van der Waals surface area contributed by atoms with E-state index in [1.54, 1.807) is 0 Å². The van der Waals surface area contributed by atoms with Crippen LogP contribution in [-0.4, -0.2) is 10.00 Å². The third kappa shape index (κ3) is 5.43. The zero-order valence-corrected chi connectivity index (χ0v) is 23.0. The van der Waals surface area contributed by atoms with E-state index in [2.05, 4.69) is 95.2 Å². The van der Waals surface area contributed by atoms with Gasteiger partial charge in [0.15, 0.2) is 0 Å². The Hall–Kier alpha value is -1.70. The van der Waals surface area contributed by atoms with Crippen LogP contribution in [0.25, 0.3) is 11.1 Å². The highest BCUT2D eigenvalue weighted by Crippen LogP contribution is 2.45. The van der Waals surface area contributed by atoms with Crippen molar-refractivity contribution >= 4 is 13.3 Å². The number of phenols is 1. The van der Waals surface area contributed by atoms with Crippen LogP contribution in [0.15, 0.2) is 24.3 Å². The first-order valence-corrected chi connectivity index (χ1v) is 12.6. The van der Waals surface area contributed by atoms with Gasteiger partial charge >= 0.3 is 8.03 Å². The summed E-state index contributed by atoms with van der Waals surface area (Å²) in [6.45, 7) is 25.3. The number of aromatic hydroxyl groups is 1. The summed E-state index contributed by atoms with van der Waals surface area (Å²) in [4.78, 5) is 10.5. The van der Waals surface area contributed by atoms with Crippen molar-refractivity contribution in [1.29, 1.82) is 0 Å². The molecule has 32 heavy (non-hydrogen) atoms. The van der Waals surface area contributed by atoms with E-state index in [4.69, 9.17) is 0 Å². The molecule has 2 aromatic carbocycles. The summed E-state index contributed by atoms with van der Waals surface area (Å²) in [5.41, 5.74) is 4.24. The van der Waals surface area contributed by atoms with Gasteiger partial charge in [0.2, 0.25) is 5.30 Å². The molecule has 0 saturated carbocycles. The minimum Gasteiger partial charge on any atom is -0.507 e. The van der Waals surface area contributed by atoms with Crippen LogP contribution in [0.4, 0.5) is 0 Å². The Labute approximate surface area is 196 Å². The molecule has 0 bridgehead atoms. The Morgan fingerprint density at radius 2 is 0.969 bits per heavy atom. The molecular weight excluding hydrogens is 415 g/mol. The number of hydrogen-bond donors (Lipinski definition) is 2. The van der Waals surface area contributed by atoms with Crippen LogP contribution < -0.4 is 5.30 Å². The lowest BCUT2D eigenvalue weighted by Gasteiger charge is -2.29. The van der Waals surface area contributed by atoms with Crippen LogP contribution >= 0.6 is 8.03 Å². The maximum absolute atomic E-state index is 12.8. The fraction of sp³-hybridized carbons (Fsp3) is 0.571. The van der Waals surface area contributed by atoms with Gasteiger partial charge in [0.05, 0.1) is 0 Å². The zero-order valence-electron chi connectivity index (χ0n) is 22.1.